The van der Waals surface area contributed by atoms with Gasteiger partial charge in [-0.05, 0) is 24.6 Å². The smallest absolute Gasteiger partial charge is 0.282 e. The third-order valence-electron chi connectivity index (χ3n) is 4.78. The molecule has 0 aliphatic rings. The number of anilines is 1. The SMILES string of the molecule is Cc1cccc(Cn2ccc3cccc(NC(=O)c4cn(C)nc4C(F)F)c32)c1. The number of aryl methyl sites for hydroxylation is 2. The van der Waals surface area contributed by atoms with Crippen molar-refractivity contribution in [2.75, 3.05) is 5.32 Å². The van der Waals surface area contributed by atoms with Crippen LogP contribution in [0.1, 0.15) is 33.6 Å². The van der Waals surface area contributed by atoms with Crippen LogP contribution in [0.3, 0.4) is 0 Å². The summed E-state index contributed by atoms with van der Waals surface area (Å²) in [6.45, 7) is 2.67. The zero-order chi connectivity index (χ0) is 20.5. The molecule has 0 saturated carbocycles. The molecular formula is C22H20F2N4O. The van der Waals surface area contributed by atoms with Gasteiger partial charge in [-0.15, -0.1) is 0 Å². The van der Waals surface area contributed by atoms with Gasteiger partial charge in [0.2, 0.25) is 0 Å². The summed E-state index contributed by atoms with van der Waals surface area (Å²) in [6.07, 6.45) is 0.443. The highest BCUT2D eigenvalue weighted by molar-refractivity contribution is 6.09. The molecule has 0 unspecified atom stereocenters. The summed E-state index contributed by atoms with van der Waals surface area (Å²) in [5.41, 5.74) is 3.06. The molecule has 148 valence electrons. The van der Waals surface area contributed by atoms with Crippen LogP contribution in [0.5, 0.6) is 0 Å². The Morgan fingerprint density at radius 3 is 2.72 bits per heavy atom. The normalized spacial score (nSPS) is 11.3. The van der Waals surface area contributed by atoms with Crippen LogP contribution in [-0.2, 0) is 13.6 Å². The van der Waals surface area contributed by atoms with Crippen molar-refractivity contribution in [2.45, 2.75) is 19.9 Å². The van der Waals surface area contributed by atoms with E-state index in [0.717, 1.165) is 16.5 Å². The minimum atomic E-state index is -2.82. The molecule has 0 aliphatic heterocycles. The van der Waals surface area contributed by atoms with E-state index >= 15 is 0 Å². The van der Waals surface area contributed by atoms with Gasteiger partial charge in [0.25, 0.3) is 12.3 Å². The van der Waals surface area contributed by atoms with Crippen molar-refractivity contribution < 1.29 is 13.6 Å². The number of hydrogen-bond acceptors (Lipinski definition) is 2. The topological polar surface area (TPSA) is 51.9 Å². The second-order valence-corrected chi connectivity index (χ2v) is 7.03. The van der Waals surface area contributed by atoms with Crippen LogP contribution in [0.4, 0.5) is 14.5 Å². The van der Waals surface area contributed by atoms with Gasteiger partial charge in [-0.1, -0.05) is 42.0 Å². The van der Waals surface area contributed by atoms with E-state index in [4.69, 9.17) is 0 Å². The van der Waals surface area contributed by atoms with Gasteiger partial charge in [0.15, 0.2) is 0 Å². The minimum Gasteiger partial charge on any atom is -0.341 e. The number of benzene rings is 2. The molecule has 0 atom stereocenters. The maximum Gasteiger partial charge on any atom is 0.282 e. The number of nitrogens with one attached hydrogen (secondary N) is 1. The number of para-hydroxylation sites is 1. The summed E-state index contributed by atoms with van der Waals surface area (Å²) in [5, 5.41) is 7.45. The lowest BCUT2D eigenvalue weighted by Gasteiger charge is -2.12. The fourth-order valence-electron chi connectivity index (χ4n) is 3.53. The molecule has 5 nitrogen and oxygen atoms in total. The Morgan fingerprint density at radius 1 is 1.17 bits per heavy atom. The lowest BCUT2D eigenvalue weighted by atomic mass is 10.1. The summed E-state index contributed by atoms with van der Waals surface area (Å²) < 4.78 is 29.7. The Hall–Kier alpha value is -3.48. The first-order valence-corrected chi connectivity index (χ1v) is 9.19. The third-order valence-corrected chi connectivity index (χ3v) is 4.78. The number of rotatable bonds is 5. The van der Waals surface area contributed by atoms with E-state index in [1.54, 1.807) is 6.07 Å². The van der Waals surface area contributed by atoms with Crippen LogP contribution in [-0.4, -0.2) is 20.3 Å². The van der Waals surface area contributed by atoms with Crippen LogP contribution in [0.2, 0.25) is 0 Å². The summed E-state index contributed by atoms with van der Waals surface area (Å²) in [4.78, 5) is 12.7. The van der Waals surface area contributed by atoms with Gasteiger partial charge < -0.3 is 9.88 Å². The molecule has 0 spiro atoms. The number of fused-ring (bicyclic) bond motifs is 1. The molecule has 0 saturated heterocycles. The molecule has 0 aliphatic carbocycles. The monoisotopic (exact) mass is 394 g/mol. The number of aromatic nitrogens is 3. The molecule has 0 bridgehead atoms. The first-order chi connectivity index (χ1) is 13.9. The van der Waals surface area contributed by atoms with Crippen molar-refractivity contribution in [2.24, 2.45) is 7.05 Å². The molecule has 2 aromatic carbocycles. The van der Waals surface area contributed by atoms with E-state index in [1.807, 2.05) is 54.1 Å². The predicted molar refractivity (Wildman–Crippen MR) is 108 cm³/mol. The number of halogens is 2. The number of nitrogens with zero attached hydrogens (tertiary/aromatic N) is 3. The average molecular weight is 394 g/mol. The van der Waals surface area contributed by atoms with Gasteiger partial charge in [-0.3, -0.25) is 9.48 Å². The van der Waals surface area contributed by atoms with Gasteiger partial charge in [0.05, 0.1) is 16.8 Å². The van der Waals surface area contributed by atoms with Gasteiger partial charge in [-0.25, -0.2) is 8.78 Å². The third kappa shape index (κ3) is 3.76. The lowest BCUT2D eigenvalue weighted by Crippen LogP contribution is -2.14. The quantitative estimate of drug-likeness (QED) is 0.522. The molecule has 2 heterocycles. The van der Waals surface area contributed by atoms with Crippen molar-refractivity contribution in [1.29, 1.82) is 0 Å². The summed E-state index contributed by atoms with van der Waals surface area (Å²) in [7, 11) is 1.51. The highest BCUT2D eigenvalue weighted by atomic mass is 19.3. The first kappa shape index (κ1) is 18.9. The highest BCUT2D eigenvalue weighted by Gasteiger charge is 2.23. The molecule has 7 heteroatoms. The van der Waals surface area contributed by atoms with E-state index in [-0.39, 0.29) is 5.56 Å². The molecular weight excluding hydrogens is 374 g/mol. The van der Waals surface area contributed by atoms with Crippen molar-refractivity contribution >= 4 is 22.5 Å². The van der Waals surface area contributed by atoms with Gasteiger partial charge in [0, 0.05) is 31.4 Å². The Labute approximate surface area is 166 Å². The molecule has 0 fully saturated rings. The second-order valence-electron chi connectivity index (χ2n) is 7.03. The number of carbonyl (C=O) groups is 1. The van der Waals surface area contributed by atoms with Crippen LogP contribution in [0, 0.1) is 6.92 Å². The van der Waals surface area contributed by atoms with Crippen molar-refractivity contribution in [3.05, 3.63) is 83.3 Å². The van der Waals surface area contributed by atoms with Crippen molar-refractivity contribution in [3.8, 4) is 0 Å². The zero-order valence-corrected chi connectivity index (χ0v) is 16.1. The van der Waals surface area contributed by atoms with Crippen LogP contribution in [0.15, 0.2) is 60.9 Å². The zero-order valence-electron chi connectivity index (χ0n) is 16.1. The fraction of sp³-hybridized carbons (Fsp3) is 0.182. The van der Waals surface area contributed by atoms with E-state index in [0.29, 0.717) is 12.2 Å². The average Bonchev–Trinajstić information content (AvgIpc) is 3.26. The Morgan fingerprint density at radius 2 is 1.97 bits per heavy atom. The van der Waals surface area contributed by atoms with Crippen LogP contribution in [0.25, 0.3) is 10.9 Å². The molecule has 4 rings (SSSR count). The maximum atomic E-state index is 13.2. The maximum absolute atomic E-state index is 13.2. The van der Waals surface area contributed by atoms with Crippen LogP contribution >= 0.6 is 0 Å². The fourth-order valence-corrected chi connectivity index (χ4v) is 3.53. The standard InChI is InChI=1S/C22H20F2N4O/c1-14-5-3-6-15(11-14)12-28-10-9-16-7-4-8-18(20(16)28)25-22(29)17-13-27(2)26-19(17)21(23)24/h3-11,13,21H,12H2,1-2H3,(H,25,29). The van der Waals surface area contributed by atoms with Gasteiger partial charge in [0.1, 0.15) is 5.69 Å². The lowest BCUT2D eigenvalue weighted by molar-refractivity contribution is 0.101. The molecule has 0 radical (unpaired) electrons. The number of carbonyl (C=O) groups excluding carboxylic acids is 1. The Kier molecular flexibility index (Phi) is 4.88. The minimum absolute atomic E-state index is 0.128. The molecule has 4 aromatic rings. The predicted octanol–water partition coefficient (Wildman–Crippen LogP) is 4.92. The molecule has 2 aromatic heterocycles. The number of hydrogen-bond donors (Lipinski definition) is 1. The van der Waals surface area contributed by atoms with E-state index in [9.17, 15) is 13.6 Å². The Balaban J connectivity index is 1.69. The van der Waals surface area contributed by atoms with E-state index in [1.165, 1.54) is 23.5 Å². The van der Waals surface area contributed by atoms with Crippen molar-refractivity contribution in [3.63, 3.8) is 0 Å². The van der Waals surface area contributed by atoms with E-state index in [2.05, 4.69) is 16.5 Å². The second kappa shape index (κ2) is 7.50. The molecule has 1 amide bonds. The highest BCUT2D eigenvalue weighted by Crippen LogP contribution is 2.27. The molecule has 29 heavy (non-hydrogen) atoms. The van der Waals surface area contributed by atoms with Crippen LogP contribution < -0.4 is 5.32 Å². The first-order valence-electron chi connectivity index (χ1n) is 9.19. The number of alkyl halides is 2. The summed E-state index contributed by atoms with van der Waals surface area (Å²) >= 11 is 0. The van der Waals surface area contributed by atoms with E-state index < -0.39 is 18.0 Å². The summed E-state index contributed by atoms with van der Waals surface area (Å²) in [5.74, 6) is -0.607. The Bertz CT molecular complexity index is 1190. The van der Waals surface area contributed by atoms with Crippen molar-refractivity contribution in [1.82, 2.24) is 14.3 Å². The largest absolute Gasteiger partial charge is 0.341 e. The number of amides is 1. The van der Waals surface area contributed by atoms with Gasteiger partial charge in [-0.2, -0.15) is 5.10 Å². The molecule has 1 N–H and O–H groups in total. The van der Waals surface area contributed by atoms with Gasteiger partial charge >= 0.3 is 0 Å². The summed E-state index contributed by atoms with van der Waals surface area (Å²) in [6, 6.07) is 15.7.